The van der Waals surface area contributed by atoms with E-state index in [0.717, 1.165) is 17.0 Å². The van der Waals surface area contributed by atoms with Gasteiger partial charge in [-0.25, -0.2) is 0 Å². The Balaban J connectivity index is 0.000000227. The monoisotopic (exact) mass is 376 g/mol. The topological polar surface area (TPSA) is 75.7 Å². The van der Waals surface area contributed by atoms with Gasteiger partial charge < -0.3 is 9.64 Å². The lowest BCUT2D eigenvalue weighted by atomic mass is 10.0. The fourth-order valence-electron chi connectivity index (χ4n) is 2.82. The SMILES string of the molecule is CC1CCC(=O)NC1=O.CCCCC.COc1cccc2c1N(C)C(=O)C2. The molecule has 1 saturated heterocycles. The van der Waals surface area contributed by atoms with E-state index in [2.05, 4.69) is 19.2 Å². The summed E-state index contributed by atoms with van der Waals surface area (Å²) in [5.74, 6) is 0.636. The summed E-state index contributed by atoms with van der Waals surface area (Å²) in [5.41, 5.74) is 1.96. The molecule has 1 aromatic rings. The highest BCUT2D eigenvalue weighted by Gasteiger charge is 2.26. The number of amides is 3. The number of nitrogens with zero attached hydrogens (tertiary/aromatic N) is 1. The summed E-state index contributed by atoms with van der Waals surface area (Å²) in [7, 11) is 3.39. The number of hydrogen-bond donors (Lipinski definition) is 1. The number of methoxy groups -OCH3 is 1. The minimum absolute atomic E-state index is 0.0164. The maximum Gasteiger partial charge on any atom is 0.231 e. The number of ether oxygens (including phenoxy) is 1. The van der Waals surface area contributed by atoms with E-state index in [-0.39, 0.29) is 23.6 Å². The summed E-state index contributed by atoms with van der Waals surface area (Å²) >= 11 is 0. The van der Waals surface area contributed by atoms with Crippen LogP contribution in [-0.4, -0.2) is 31.9 Å². The van der Waals surface area contributed by atoms with Gasteiger partial charge in [0.05, 0.1) is 19.2 Å². The molecule has 2 heterocycles. The molecule has 0 aliphatic carbocycles. The lowest BCUT2D eigenvalue weighted by Gasteiger charge is -2.15. The Kier molecular flexibility index (Phi) is 9.54. The Morgan fingerprint density at radius 2 is 1.85 bits per heavy atom. The number of fused-ring (bicyclic) bond motifs is 1. The highest BCUT2D eigenvalue weighted by molar-refractivity contribution is 6.02. The van der Waals surface area contributed by atoms with Gasteiger partial charge in [0, 0.05) is 19.4 Å². The molecule has 1 unspecified atom stereocenters. The molecule has 0 saturated carbocycles. The van der Waals surface area contributed by atoms with Crippen molar-refractivity contribution < 1.29 is 19.1 Å². The van der Waals surface area contributed by atoms with E-state index in [9.17, 15) is 14.4 Å². The number of likely N-dealkylation sites (N-methyl/N-ethyl adjacent to an activating group) is 1. The maximum atomic E-state index is 11.4. The number of imide groups is 1. The normalized spacial score (nSPS) is 17.9. The number of carbonyl (C=O) groups is 3. The third-order valence-corrected chi connectivity index (χ3v) is 4.58. The molecule has 150 valence electrons. The zero-order chi connectivity index (χ0) is 20.4. The number of hydrogen-bond acceptors (Lipinski definition) is 4. The Morgan fingerprint density at radius 3 is 2.33 bits per heavy atom. The second kappa shape index (κ2) is 11.4. The number of rotatable bonds is 3. The average Bonchev–Trinajstić information content (AvgIpc) is 2.94. The van der Waals surface area contributed by atoms with Crippen molar-refractivity contribution >= 4 is 23.4 Å². The van der Waals surface area contributed by atoms with Crippen molar-refractivity contribution in [2.24, 2.45) is 5.92 Å². The minimum Gasteiger partial charge on any atom is -0.495 e. The van der Waals surface area contributed by atoms with Gasteiger partial charge in [-0.15, -0.1) is 0 Å². The van der Waals surface area contributed by atoms with Crippen LogP contribution < -0.4 is 15.0 Å². The molecule has 3 rings (SSSR count). The van der Waals surface area contributed by atoms with Gasteiger partial charge in [-0.3, -0.25) is 19.7 Å². The van der Waals surface area contributed by atoms with E-state index in [1.54, 1.807) is 19.1 Å². The van der Waals surface area contributed by atoms with Gasteiger partial charge in [0.2, 0.25) is 17.7 Å². The van der Waals surface area contributed by atoms with Crippen LogP contribution in [0.4, 0.5) is 5.69 Å². The molecule has 0 radical (unpaired) electrons. The van der Waals surface area contributed by atoms with Crippen molar-refractivity contribution in [1.29, 1.82) is 0 Å². The largest absolute Gasteiger partial charge is 0.495 e. The van der Waals surface area contributed by atoms with Crippen LogP contribution in [0, 0.1) is 5.92 Å². The van der Waals surface area contributed by atoms with Gasteiger partial charge in [-0.2, -0.15) is 0 Å². The molecule has 1 fully saturated rings. The van der Waals surface area contributed by atoms with Gasteiger partial charge in [-0.1, -0.05) is 52.2 Å². The molecule has 1 atom stereocenters. The first-order chi connectivity index (χ1) is 12.8. The standard InChI is InChI=1S/C10H11NO2.C6H9NO2.C5H12/c1-11-9(12)6-7-4-3-5-8(13-2)10(7)11;1-4-2-3-5(8)7-6(4)9;1-3-5-4-2/h3-5H,6H2,1-2H3;4H,2-3H2,1H3,(H,7,8,9);3-5H2,1-2H3. The van der Waals surface area contributed by atoms with Gasteiger partial charge in [0.15, 0.2) is 0 Å². The predicted molar refractivity (Wildman–Crippen MR) is 107 cm³/mol. The van der Waals surface area contributed by atoms with Crippen LogP contribution >= 0.6 is 0 Å². The molecule has 0 spiro atoms. The molecule has 0 aromatic heterocycles. The van der Waals surface area contributed by atoms with Gasteiger partial charge >= 0.3 is 0 Å². The van der Waals surface area contributed by atoms with E-state index in [1.807, 2.05) is 25.1 Å². The van der Waals surface area contributed by atoms with Crippen LogP contribution in [0.3, 0.4) is 0 Å². The predicted octanol–water partition coefficient (Wildman–Crippen LogP) is 3.47. The molecule has 6 heteroatoms. The van der Waals surface area contributed by atoms with Crippen LogP contribution in [0.15, 0.2) is 18.2 Å². The van der Waals surface area contributed by atoms with Gasteiger partial charge in [0.25, 0.3) is 0 Å². The van der Waals surface area contributed by atoms with Crippen LogP contribution in [-0.2, 0) is 20.8 Å². The number of anilines is 1. The van der Waals surface area contributed by atoms with Crippen molar-refractivity contribution in [2.75, 3.05) is 19.1 Å². The van der Waals surface area contributed by atoms with Crippen molar-refractivity contribution in [3.8, 4) is 5.75 Å². The Morgan fingerprint density at radius 1 is 1.19 bits per heavy atom. The average molecular weight is 376 g/mol. The molecule has 27 heavy (non-hydrogen) atoms. The molecular weight excluding hydrogens is 344 g/mol. The van der Waals surface area contributed by atoms with Crippen molar-refractivity contribution in [3.05, 3.63) is 23.8 Å². The lowest BCUT2D eigenvalue weighted by molar-refractivity contribution is -0.135. The van der Waals surface area contributed by atoms with Crippen LogP contribution in [0.5, 0.6) is 5.75 Å². The fourth-order valence-corrected chi connectivity index (χ4v) is 2.82. The fraction of sp³-hybridized carbons (Fsp3) is 0.571. The van der Waals surface area contributed by atoms with Crippen molar-refractivity contribution in [1.82, 2.24) is 5.32 Å². The number of para-hydroxylation sites is 1. The number of benzene rings is 1. The second-order valence-corrected chi connectivity index (χ2v) is 6.80. The van der Waals surface area contributed by atoms with E-state index < -0.39 is 0 Å². The molecule has 3 amide bonds. The number of nitrogens with one attached hydrogen (secondary N) is 1. The molecule has 2 aliphatic rings. The molecule has 2 aliphatic heterocycles. The maximum absolute atomic E-state index is 11.4. The summed E-state index contributed by atoms with van der Waals surface area (Å²) < 4.78 is 5.18. The number of unbranched alkanes of at least 4 members (excludes halogenated alkanes) is 2. The number of piperidine rings is 1. The van der Waals surface area contributed by atoms with E-state index in [1.165, 1.54) is 19.3 Å². The summed E-state index contributed by atoms with van der Waals surface area (Å²) in [4.78, 5) is 34.2. The van der Waals surface area contributed by atoms with Crippen molar-refractivity contribution in [2.45, 2.75) is 59.3 Å². The summed E-state index contributed by atoms with van der Waals surface area (Å²) in [6.07, 6.45) is 5.76. The first-order valence-electron chi connectivity index (χ1n) is 9.61. The van der Waals surface area contributed by atoms with Crippen molar-refractivity contribution in [3.63, 3.8) is 0 Å². The van der Waals surface area contributed by atoms with E-state index >= 15 is 0 Å². The van der Waals surface area contributed by atoms with Crippen LogP contribution in [0.1, 0.15) is 58.4 Å². The Bertz CT molecular complexity index is 656. The lowest BCUT2D eigenvalue weighted by Crippen LogP contribution is -2.39. The number of carbonyl (C=O) groups excluding carboxylic acids is 3. The van der Waals surface area contributed by atoms with Gasteiger partial charge in [0.1, 0.15) is 5.75 Å². The van der Waals surface area contributed by atoms with Gasteiger partial charge in [-0.05, 0) is 18.1 Å². The molecule has 1 aromatic carbocycles. The summed E-state index contributed by atoms with van der Waals surface area (Å²) in [5, 5.41) is 2.25. The van der Waals surface area contributed by atoms with Crippen LogP contribution in [0.25, 0.3) is 0 Å². The molecule has 6 nitrogen and oxygen atoms in total. The second-order valence-electron chi connectivity index (χ2n) is 6.80. The quantitative estimate of drug-likeness (QED) is 0.820. The van der Waals surface area contributed by atoms with E-state index in [0.29, 0.717) is 19.3 Å². The van der Waals surface area contributed by atoms with Crippen LogP contribution in [0.2, 0.25) is 0 Å². The Labute approximate surface area is 162 Å². The smallest absolute Gasteiger partial charge is 0.231 e. The zero-order valence-corrected chi connectivity index (χ0v) is 17.1. The molecular formula is C21H32N2O4. The first kappa shape index (κ1) is 22.7. The summed E-state index contributed by atoms with van der Waals surface area (Å²) in [6, 6.07) is 5.73. The Hall–Kier alpha value is -2.37. The highest BCUT2D eigenvalue weighted by Crippen LogP contribution is 2.36. The van der Waals surface area contributed by atoms with E-state index in [4.69, 9.17) is 4.74 Å². The summed E-state index contributed by atoms with van der Waals surface area (Å²) in [6.45, 7) is 6.24. The minimum atomic E-state index is -0.141. The highest BCUT2D eigenvalue weighted by atomic mass is 16.5. The first-order valence-corrected chi connectivity index (χ1v) is 9.61. The zero-order valence-electron chi connectivity index (χ0n) is 17.1. The molecule has 1 N–H and O–H groups in total. The third-order valence-electron chi connectivity index (χ3n) is 4.58. The third kappa shape index (κ3) is 6.70. The molecule has 0 bridgehead atoms.